The van der Waals surface area contributed by atoms with E-state index in [2.05, 4.69) is 4.98 Å². The molecule has 5 heteroatoms. The molecule has 21 heavy (non-hydrogen) atoms. The third-order valence-corrected chi connectivity index (χ3v) is 3.44. The van der Waals surface area contributed by atoms with Crippen molar-refractivity contribution in [2.75, 3.05) is 26.1 Å². The van der Waals surface area contributed by atoms with Crippen LogP contribution in [-0.2, 0) is 11.2 Å². The van der Waals surface area contributed by atoms with Gasteiger partial charge in [-0.25, -0.2) is 0 Å². The van der Waals surface area contributed by atoms with Gasteiger partial charge in [0, 0.05) is 42.8 Å². The predicted molar refractivity (Wildman–Crippen MR) is 83.3 cm³/mol. The topological polar surface area (TPSA) is 62.7 Å². The first kappa shape index (κ1) is 15.1. The molecule has 0 unspecified atom stereocenters. The van der Waals surface area contributed by atoms with Crippen molar-refractivity contribution in [3.8, 4) is 5.75 Å². The number of hydrogen-bond donors (Lipinski definition) is 1. The maximum Gasteiger partial charge on any atom is 0.303 e. The summed E-state index contributed by atoms with van der Waals surface area (Å²) in [5, 5.41) is 9.93. The standard InChI is InChI=1S/C16H20N2O3/c1-10-9-13(18(2)3)16-11(5-8-15(19)20)14(21-4)7-6-12(16)17-10/h6-7,9H,5,8H2,1-4H3,(H,19,20). The molecule has 0 amide bonds. The van der Waals surface area contributed by atoms with Gasteiger partial charge in [0.2, 0.25) is 0 Å². The number of carboxylic acid groups (broad SMARTS) is 1. The molecule has 2 rings (SSSR count). The number of pyridine rings is 1. The number of ether oxygens (including phenoxy) is 1. The number of benzene rings is 1. The van der Waals surface area contributed by atoms with Crippen molar-refractivity contribution >= 4 is 22.6 Å². The molecule has 2 aromatic rings. The van der Waals surface area contributed by atoms with Crippen molar-refractivity contribution in [1.29, 1.82) is 0 Å². The minimum atomic E-state index is -0.819. The molecule has 1 aromatic heterocycles. The van der Waals surface area contributed by atoms with Gasteiger partial charge in [-0.2, -0.15) is 0 Å². The number of nitrogens with zero attached hydrogens (tertiary/aromatic N) is 2. The molecular formula is C16H20N2O3. The molecule has 0 radical (unpaired) electrons. The summed E-state index contributed by atoms with van der Waals surface area (Å²) in [5.74, 6) is -0.113. The van der Waals surface area contributed by atoms with E-state index < -0.39 is 5.97 Å². The van der Waals surface area contributed by atoms with E-state index in [9.17, 15) is 4.79 Å². The highest BCUT2D eigenvalue weighted by Crippen LogP contribution is 2.35. The largest absolute Gasteiger partial charge is 0.496 e. The number of fused-ring (bicyclic) bond motifs is 1. The van der Waals surface area contributed by atoms with Crippen LogP contribution < -0.4 is 9.64 Å². The van der Waals surface area contributed by atoms with Crippen LogP contribution in [0.2, 0.25) is 0 Å². The highest BCUT2D eigenvalue weighted by atomic mass is 16.5. The molecule has 0 aliphatic heterocycles. The van der Waals surface area contributed by atoms with Crippen LogP contribution in [0.3, 0.4) is 0 Å². The van der Waals surface area contributed by atoms with Crippen LogP contribution in [0.4, 0.5) is 5.69 Å². The number of anilines is 1. The van der Waals surface area contributed by atoms with Gasteiger partial charge in [0.15, 0.2) is 0 Å². The summed E-state index contributed by atoms with van der Waals surface area (Å²) in [6.45, 7) is 1.95. The van der Waals surface area contributed by atoms with Gasteiger partial charge < -0.3 is 14.7 Å². The Hall–Kier alpha value is -2.30. The zero-order chi connectivity index (χ0) is 15.6. The van der Waals surface area contributed by atoms with Gasteiger partial charge in [-0.15, -0.1) is 0 Å². The molecule has 0 aliphatic carbocycles. The molecule has 0 aliphatic rings. The number of hydrogen-bond acceptors (Lipinski definition) is 4. The lowest BCUT2D eigenvalue weighted by molar-refractivity contribution is -0.136. The quantitative estimate of drug-likeness (QED) is 0.916. The van der Waals surface area contributed by atoms with Gasteiger partial charge in [0.25, 0.3) is 0 Å². The Bertz CT molecular complexity index is 681. The summed E-state index contributed by atoms with van der Waals surface area (Å²) in [5.41, 5.74) is 3.71. The normalized spacial score (nSPS) is 10.7. The summed E-state index contributed by atoms with van der Waals surface area (Å²) in [4.78, 5) is 17.5. The Morgan fingerprint density at radius 3 is 2.67 bits per heavy atom. The fourth-order valence-corrected chi connectivity index (χ4v) is 2.51. The number of carboxylic acids is 1. The van der Waals surface area contributed by atoms with Crippen LogP contribution in [0.5, 0.6) is 5.75 Å². The van der Waals surface area contributed by atoms with Crippen molar-refractivity contribution < 1.29 is 14.6 Å². The number of aromatic nitrogens is 1. The van der Waals surface area contributed by atoms with E-state index in [0.717, 1.165) is 27.8 Å². The SMILES string of the molecule is COc1ccc2nc(C)cc(N(C)C)c2c1CCC(=O)O. The van der Waals surface area contributed by atoms with Crippen LogP contribution in [0.25, 0.3) is 10.9 Å². The lowest BCUT2D eigenvalue weighted by Crippen LogP contribution is -2.11. The van der Waals surface area contributed by atoms with Gasteiger partial charge in [-0.1, -0.05) is 0 Å². The summed E-state index contributed by atoms with van der Waals surface area (Å²) in [6.07, 6.45) is 0.484. The number of rotatable bonds is 5. The Morgan fingerprint density at radius 2 is 2.10 bits per heavy atom. The Kier molecular flexibility index (Phi) is 4.31. The molecule has 0 atom stereocenters. The monoisotopic (exact) mass is 288 g/mol. The molecule has 112 valence electrons. The molecule has 1 heterocycles. The minimum Gasteiger partial charge on any atom is -0.496 e. The van der Waals surface area contributed by atoms with Gasteiger partial charge in [-0.05, 0) is 31.5 Å². The van der Waals surface area contributed by atoms with Crippen LogP contribution in [-0.4, -0.2) is 37.3 Å². The first-order chi connectivity index (χ1) is 9.93. The van der Waals surface area contributed by atoms with E-state index in [1.165, 1.54) is 0 Å². The van der Waals surface area contributed by atoms with Gasteiger partial charge in [-0.3, -0.25) is 9.78 Å². The van der Waals surface area contributed by atoms with E-state index in [4.69, 9.17) is 9.84 Å². The summed E-state index contributed by atoms with van der Waals surface area (Å²) < 4.78 is 5.41. The van der Waals surface area contributed by atoms with Gasteiger partial charge >= 0.3 is 5.97 Å². The van der Waals surface area contributed by atoms with Crippen LogP contribution in [0, 0.1) is 6.92 Å². The molecule has 0 bridgehead atoms. The lowest BCUT2D eigenvalue weighted by atomic mass is 10.00. The van der Waals surface area contributed by atoms with E-state index in [0.29, 0.717) is 12.2 Å². The van der Waals surface area contributed by atoms with Crippen molar-refractivity contribution in [3.63, 3.8) is 0 Å². The van der Waals surface area contributed by atoms with Gasteiger partial charge in [0.1, 0.15) is 5.75 Å². The first-order valence-electron chi connectivity index (χ1n) is 6.80. The molecule has 0 fully saturated rings. The lowest BCUT2D eigenvalue weighted by Gasteiger charge is -2.20. The minimum absolute atomic E-state index is 0.0657. The van der Waals surface area contributed by atoms with E-state index in [-0.39, 0.29) is 6.42 Å². The molecule has 1 N–H and O–H groups in total. The molecule has 0 spiro atoms. The Balaban J connectivity index is 2.73. The molecule has 0 saturated heterocycles. The van der Waals surface area contributed by atoms with E-state index in [1.54, 1.807) is 7.11 Å². The molecule has 5 nitrogen and oxygen atoms in total. The second-order valence-corrected chi connectivity index (χ2v) is 5.21. The Labute approximate surface area is 124 Å². The number of aliphatic carboxylic acids is 1. The highest BCUT2D eigenvalue weighted by molar-refractivity contribution is 5.96. The third-order valence-electron chi connectivity index (χ3n) is 3.44. The van der Waals surface area contributed by atoms with Crippen LogP contribution >= 0.6 is 0 Å². The fourth-order valence-electron chi connectivity index (χ4n) is 2.51. The zero-order valence-corrected chi connectivity index (χ0v) is 12.8. The second-order valence-electron chi connectivity index (χ2n) is 5.21. The zero-order valence-electron chi connectivity index (χ0n) is 12.8. The average Bonchev–Trinajstić information content (AvgIpc) is 2.43. The van der Waals surface area contributed by atoms with E-state index in [1.807, 2.05) is 44.1 Å². The third kappa shape index (κ3) is 3.07. The fraction of sp³-hybridized carbons (Fsp3) is 0.375. The molecular weight excluding hydrogens is 268 g/mol. The maximum atomic E-state index is 10.9. The second kappa shape index (κ2) is 5.99. The maximum absolute atomic E-state index is 10.9. The number of carbonyl (C=O) groups is 1. The van der Waals surface area contributed by atoms with Crippen LogP contribution in [0.15, 0.2) is 18.2 Å². The summed E-state index contributed by atoms with van der Waals surface area (Å²) >= 11 is 0. The first-order valence-corrected chi connectivity index (χ1v) is 6.80. The smallest absolute Gasteiger partial charge is 0.303 e. The van der Waals surface area contributed by atoms with E-state index >= 15 is 0 Å². The molecule has 1 aromatic carbocycles. The number of methoxy groups -OCH3 is 1. The predicted octanol–water partition coefficient (Wildman–Crippen LogP) is 2.64. The van der Waals surface area contributed by atoms with Crippen molar-refractivity contribution in [2.45, 2.75) is 19.8 Å². The van der Waals surface area contributed by atoms with Crippen molar-refractivity contribution in [1.82, 2.24) is 4.98 Å². The number of aryl methyl sites for hydroxylation is 2. The highest BCUT2D eigenvalue weighted by Gasteiger charge is 2.16. The van der Waals surface area contributed by atoms with Crippen LogP contribution in [0.1, 0.15) is 17.7 Å². The summed E-state index contributed by atoms with van der Waals surface area (Å²) in [7, 11) is 5.53. The summed E-state index contributed by atoms with van der Waals surface area (Å²) in [6, 6.07) is 5.77. The average molecular weight is 288 g/mol. The Morgan fingerprint density at radius 1 is 1.38 bits per heavy atom. The molecule has 0 saturated carbocycles. The van der Waals surface area contributed by atoms with Crippen molar-refractivity contribution in [3.05, 3.63) is 29.5 Å². The van der Waals surface area contributed by atoms with Crippen molar-refractivity contribution in [2.24, 2.45) is 0 Å². The van der Waals surface area contributed by atoms with Gasteiger partial charge in [0.05, 0.1) is 12.6 Å².